The van der Waals surface area contributed by atoms with Gasteiger partial charge in [0.1, 0.15) is 0 Å². The number of hydrogen-bond donors (Lipinski definition) is 1. The van der Waals surface area contributed by atoms with Crippen molar-refractivity contribution in [1.29, 1.82) is 0 Å². The van der Waals surface area contributed by atoms with Crippen molar-refractivity contribution in [1.82, 2.24) is 9.47 Å². The molecule has 31 heavy (non-hydrogen) atoms. The maximum Gasteiger partial charge on any atom is 0.254 e. The first-order chi connectivity index (χ1) is 15.1. The van der Waals surface area contributed by atoms with Gasteiger partial charge in [0, 0.05) is 35.6 Å². The highest BCUT2D eigenvalue weighted by Gasteiger charge is 2.42. The second-order valence-electron chi connectivity index (χ2n) is 8.45. The first-order valence-corrected chi connectivity index (χ1v) is 11.1. The van der Waals surface area contributed by atoms with Crippen molar-refractivity contribution in [2.75, 3.05) is 18.4 Å². The van der Waals surface area contributed by atoms with Crippen LogP contribution in [0.15, 0.2) is 79.0 Å². The molecule has 3 aromatic carbocycles. The minimum Gasteiger partial charge on any atom is -0.372 e. The van der Waals surface area contributed by atoms with Crippen LogP contribution in [0.2, 0.25) is 5.02 Å². The molecular formula is C26H22ClN3O. The van der Waals surface area contributed by atoms with Gasteiger partial charge in [0.25, 0.3) is 5.91 Å². The first kappa shape index (κ1) is 18.5. The van der Waals surface area contributed by atoms with E-state index in [-0.39, 0.29) is 11.4 Å². The van der Waals surface area contributed by atoms with Gasteiger partial charge in [0.2, 0.25) is 0 Å². The second-order valence-corrected chi connectivity index (χ2v) is 8.89. The van der Waals surface area contributed by atoms with Gasteiger partial charge >= 0.3 is 0 Å². The topological polar surface area (TPSA) is 37.3 Å². The zero-order valence-electron chi connectivity index (χ0n) is 17.0. The molecule has 3 heterocycles. The van der Waals surface area contributed by atoms with Gasteiger partial charge < -0.3 is 14.8 Å². The standard InChI is InChI=1S/C26H22ClN3O/c27-19-10-11-22-23(17-19)30-14-4-9-24(30)26(28-22)12-15-29(16-13-26)25(31)21-8-3-6-18-5-1-2-7-20(18)21/h1-11,14,17,28H,12-13,15-16H2. The Morgan fingerprint density at radius 3 is 2.61 bits per heavy atom. The van der Waals surface area contributed by atoms with Crippen molar-refractivity contribution in [3.63, 3.8) is 0 Å². The summed E-state index contributed by atoms with van der Waals surface area (Å²) >= 11 is 6.26. The van der Waals surface area contributed by atoms with Crippen molar-refractivity contribution >= 4 is 34.0 Å². The SMILES string of the molecule is O=C(c1cccc2ccccc12)N1CCC2(CC1)Nc1ccc(Cl)cc1-n1cccc12. The minimum absolute atomic E-state index is 0.116. The van der Waals surface area contributed by atoms with Crippen LogP contribution >= 0.6 is 11.6 Å². The molecule has 0 saturated carbocycles. The Bertz CT molecular complexity index is 1310. The first-order valence-electron chi connectivity index (χ1n) is 10.7. The van der Waals surface area contributed by atoms with Crippen molar-refractivity contribution in [3.8, 4) is 5.69 Å². The predicted octanol–water partition coefficient (Wildman–Crippen LogP) is 5.84. The van der Waals surface area contributed by atoms with E-state index in [4.69, 9.17) is 11.6 Å². The Labute approximate surface area is 186 Å². The number of aromatic nitrogens is 1. The molecule has 2 aliphatic rings. The summed E-state index contributed by atoms with van der Waals surface area (Å²) in [5.74, 6) is 0.116. The largest absolute Gasteiger partial charge is 0.372 e. The van der Waals surface area contributed by atoms with Crippen LogP contribution in [0.25, 0.3) is 16.5 Å². The fourth-order valence-corrected chi connectivity index (χ4v) is 5.33. The quantitative estimate of drug-likeness (QED) is 0.414. The van der Waals surface area contributed by atoms with Crippen LogP contribution in [-0.4, -0.2) is 28.5 Å². The molecule has 5 heteroatoms. The number of carbonyl (C=O) groups is 1. The third kappa shape index (κ3) is 2.86. The van der Waals surface area contributed by atoms with Gasteiger partial charge in [-0.1, -0.05) is 48.0 Å². The van der Waals surface area contributed by atoms with Gasteiger partial charge in [0.15, 0.2) is 0 Å². The average Bonchev–Trinajstić information content (AvgIpc) is 3.31. The Morgan fingerprint density at radius 1 is 0.935 bits per heavy atom. The van der Waals surface area contributed by atoms with E-state index in [0.717, 1.165) is 45.6 Å². The lowest BCUT2D eigenvalue weighted by Crippen LogP contribution is -2.51. The fourth-order valence-electron chi connectivity index (χ4n) is 5.17. The Kier molecular flexibility index (Phi) is 4.12. The molecule has 0 atom stereocenters. The summed E-state index contributed by atoms with van der Waals surface area (Å²) in [7, 11) is 0. The highest BCUT2D eigenvalue weighted by atomic mass is 35.5. The smallest absolute Gasteiger partial charge is 0.254 e. The number of rotatable bonds is 1. The van der Waals surface area contributed by atoms with Gasteiger partial charge in [-0.3, -0.25) is 4.79 Å². The lowest BCUT2D eigenvalue weighted by Gasteiger charge is -2.46. The molecule has 1 saturated heterocycles. The molecule has 0 bridgehead atoms. The van der Waals surface area contributed by atoms with Crippen molar-refractivity contribution in [2.24, 2.45) is 0 Å². The maximum absolute atomic E-state index is 13.4. The van der Waals surface area contributed by atoms with Crippen LogP contribution in [0, 0.1) is 0 Å². The molecule has 1 aromatic heterocycles. The minimum atomic E-state index is -0.181. The maximum atomic E-state index is 13.4. The highest BCUT2D eigenvalue weighted by Crippen LogP contribution is 2.44. The summed E-state index contributed by atoms with van der Waals surface area (Å²) in [5, 5.41) is 6.64. The molecule has 1 fully saturated rings. The molecular weight excluding hydrogens is 406 g/mol. The Balaban J connectivity index is 1.30. The number of benzene rings is 3. The number of nitrogens with one attached hydrogen (secondary N) is 1. The van der Waals surface area contributed by atoms with Crippen molar-refractivity contribution in [2.45, 2.75) is 18.4 Å². The zero-order valence-corrected chi connectivity index (χ0v) is 17.8. The van der Waals surface area contributed by atoms with Crippen LogP contribution in [0.5, 0.6) is 0 Å². The molecule has 0 unspecified atom stereocenters. The van der Waals surface area contributed by atoms with Crippen molar-refractivity contribution in [3.05, 3.63) is 95.3 Å². The van der Waals surface area contributed by atoms with Gasteiger partial charge in [0.05, 0.1) is 16.9 Å². The molecule has 6 rings (SSSR count). The summed E-state index contributed by atoms with van der Waals surface area (Å²) in [4.78, 5) is 15.4. The van der Waals surface area contributed by atoms with Gasteiger partial charge in [-0.05, 0) is 60.0 Å². The Hall–Kier alpha value is -3.24. The van der Waals surface area contributed by atoms with E-state index < -0.39 is 0 Å². The normalized spacial score (nSPS) is 16.6. The summed E-state index contributed by atoms with van der Waals surface area (Å²) in [6.45, 7) is 1.42. The van der Waals surface area contributed by atoms with Crippen LogP contribution in [0.4, 0.5) is 5.69 Å². The second kappa shape index (κ2) is 6.89. The third-order valence-corrected chi connectivity index (χ3v) is 6.99. The van der Waals surface area contributed by atoms with E-state index in [2.05, 4.69) is 46.4 Å². The van der Waals surface area contributed by atoms with E-state index in [1.165, 1.54) is 5.69 Å². The van der Waals surface area contributed by atoms with E-state index in [9.17, 15) is 4.79 Å². The number of piperidine rings is 1. The van der Waals surface area contributed by atoms with Crippen LogP contribution in [0.1, 0.15) is 28.9 Å². The summed E-state index contributed by atoms with van der Waals surface area (Å²) < 4.78 is 2.24. The molecule has 4 aromatic rings. The number of fused-ring (bicyclic) bond motifs is 5. The lowest BCUT2D eigenvalue weighted by molar-refractivity contribution is 0.0678. The molecule has 0 radical (unpaired) electrons. The molecule has 0 aliphatic carbocycles. The van der Waals surface area contributed by atoms with Crippen LogP contribution in [-0.2, 0) is 5.54 Å². The molecule has 1 spiro atoms. The summed E-state index contributed by atoms with van der Waals surface area (Å²) in [6, 6.07) is 24.3. The zero-order chi connectivity index (χ0) is 21.0. The van der Waals surface area contributed by atoms with Gasteiger partial charge in [-0.15, -0.1) is 0 Å². The molecule has 4 nitrogen and oxygen atoms in total. The number of nitrogens with zero attached hydrogens (tertiary/aromatic N) is 2. The molecule has 154 valence electrons. The van der Waals surface area contributed by atoms with E-state index in [1.807, 2.05) is 47.4 Å². The lowest BCUT2D eigenvalue weighted by atomic mass is 9.82. The van der Waals surface area contributed by atoms with Gasteiger partial charge in [-0.25, -0.2) is 0 Å². The third-order valence-electron chi connectivity index (χ3n) is 6.76. The van der Waals surface area contributed by atoms with E-state index >= 15 is 0 Å². The Morgan fingerprint density at radius 2 is 1.74 bits per heavy atom. The van der Waals surface area contributed by atoms with E-state index in [1.54, 1.807) is 0 Å². The monoisotopic (exact) mass is 427 g/mol. The van der Waals surface area contributed by atoms with E-state index in [0.29, 0.717) is 13.1 Å². The number of likely N-dealkylation sites (tertiary alicyclic amines) is 1. The fraction of sp³-hybridized carbons (Fsp3) is 0.192. The molecule has 1 amide bonds. The highest BCUT2D eigenvalue weighted by molar-refractivity contribution is 6.30. The molecule has 2 aliphatic heterocycles. The average molecular weight is 428 g/mol. The van der Waals surface area contributed by atoms with Crippen LogP contribution in [0.3, 0.4) is 0 Å². The van der Waals surface area contributed by atoms with Crippen molar-refractivity contribution < 1.29 is 4.79 Å². The van der Waals surface area contributed by atoms with Gasteiger partial charge in [-0.2, -0.15) is 0 Å². The number of hydrogen-bond acceptors (Lipinski definition) is 2. The number of halogens is 1. The number of amides is 1. The summed E-state index contributed by atoms with van der Waals surface area (Å²) in [5.41, 5.74) is 4.00. The summed E-state index contributed by atoms with van der Waals surface area (Å²) in [6.07, 6.45) is 3.81. The number of carbonyl (C=O) groups excluding carboxylic acids is 1. The molecule has 1 N–H and O–H groups in total. The van der Waals surface area contributed by atoms with Crippen LogP contribution < -0.4 is 5.32 Å². The number of anilines is 1. The predicted molar refractivity (Wildman–Crippen MR) is 125 cm³/mol.